The van der Waals surface area contributed by atoms with Crippen LogP contribution in [0.5, 0.6) is 0 Å². The largest absolute Gasteiger partial charge is 0.444 e. The van der Waals surface area contributed by atoms with Crippen molar-refractivity contribution >= 4 is 17.1 Å². The number of hydrogen-bond donors (Lipinski definition) is 0. The Bertz CT molecular complexity index is 630. The molecule has 1 aromatic heterocycles. The van der Waals surface area contributed by atoms with E-state index in [-0.39, 0.29) is 6.09 Å². The van der Waals surface area contributed by atoms with E-state index in [0.29, 0.717) is 13.2 Å². The Morgan fingerprint density at radius 3 is 2.73 bits per heavy atom. The third kappa shape index (κ3) is 4.19. The number of fused-ring (bicyclic) bond motifs is 1. The lowest BCUT2D eigenvalue weighted by Gasteiger charge is -2.27. The predicted molar refractivity (Wildman–Crippen MR) is 85.4 cm³/mol. The summed E-state index contributed by atoms with van der Waals surface area (Å²) in [6, 6.07) is 7.71. The van der Waals surface area contributed by atoms with Crippen LogP contribution in [0.3, 0.4) is 0 Å². The third-order valence-corrected chi connectivity index (χ3v) is 3.16. The van der Waals surface area contributed by atoms with Crippen LogP contribution >= 0.6 is 0 Å². The van der Waals surface area contributed by atoms with E-state index in [1.807, 2.05) is 45.0 Å². The maximum absolute atomic E-state index is 12.4. The van der Waals surface area contributed by atoms with Crippen molar-refractivity contribution in [2.24, 2.45) is 0 Å². The molecule has 0 N–H and O–H groups in total. The second-order valence-electron chi connectivity index (χ2n) is 6.32. The Morgan fingerprint density at radius 1 is 1.32 bits per heavy atom. The van der Waals surface area contributed by atoms with E-state index in [4.69, 9.17) is 4.74 Å². The van der Waals surface area contributed by atoms with Crippen LogP contribution in [0.2, 0.25) is 0 Å². The monoisotopic (exact) mass is 304 g/mol. The number of carbonyl (C=O) groups excluding carboxylic acids is 1. The van der Waals surface area contributed by atoms with Crippen LogP contribution in [0.1, 0.15) is 40.5 Å². The summed E-state index contributed by atoms with van der Waals surface area (Å²) in [5.74, 6) is 0. The summed E-state index contributed by atoms with van der Waals surface area (Å²) < 4.78 is 7.21. The van der Waals surface area contributed by atoms with Gasteiger partial charge in [0.25, 0.3) is 0 Å². The zero-order valence-electron chi connectivity index (χ0n) is 13.7. The van der Waals surface area contributed by atoms with Gasteiger partial charge in [-0.15, -0.1) is 5.10 Å². The highest BCUT2D eigenvalue weighted by molar-refractivity contribution is 5.74. The van der Waals surface area contributed by atoms with Crippen molar-refractivity contribution < 1.29 is 9.53 Å². The lowest BCUT2D eigenvalue weighted by atomic mass is 10.2. The van der Waals surface area contributed by atoms with E-state index in [0.717, 1.165) is 23.9 Å². The first-order chi connectivity index (χ1) is 10.4. The molecule has 2 rings (SSSR count). The van der Waals surface area contributed by atoms with Crippen molar-refractivity contribution in [2.75, 3.05) is 6.54 Å². The molecular weight excluding hydrogens is 280 g/mol. The van der Waals surface area contributed by atoms with Gasteiger partial charge in [-0.1, -0.05) is 30.7 Å². The van der Waals surface area contributed by atoms with E-state index < -0.39 is 5.60 Å². The average molecular weight is 304 g/mol. The molecule has 1 amide bonds. The molecule has 1 aromatic carbocycles. The van der Waals surface area contributed by atoms with Crippen LogP contribution in [0.25, 0.3) is 11.0 Å². The topological polar surface area (TPSA) is 60.2 Å². The molecule has 0 aliphatic heterocycles. The number of rotatable bonds is 5. The molecule has 22 heavy (non-hydrogen) atoms. The summed E-state index contributed by atoms with van der Waals surface area (Å²) in [7, 11) is 0. The Balaban J connectivity index is 2.17. The van der Waals surface area contributed by atoms with Crippen molar-refractivity contribution in [2.45, 2.75) is 52.8 Å². The second-order valence-corrected chi connectivity index (χ2v) is 6.32. The number of aromatic nitrogens is 3. The number of carbonyl (C=O) groups is 1. The standard InChI is InChI=1S/C16H24N4O2/c1-5-6-11-19(15(21)22-16(2,3)4)12-20-14-10-8-7-9-13(14)17-18-20/h7-10H,5-6,11-12H2,1-4H3. The van der Waals surface area contributed by atoms with Gasteiger partial charge in [0.2, 0.25) is 0 Å². The number of hydrogen-bond acceptors (Lipinski definition) is 4. The maximum atomic E-state index is 12.4. The van der Waals surface area contributed by atoms with E-state index in [9.17, 15) is 4.79 Å². The molecule has 1 heterocycles. The first-order valence-electron chi connectivity index (χ1n) is 7.67. The van der Waals surface area contributed by atoms with Crippen molar-refractivity contribution in [3.8, 4) is 0 Å². The number of para-hydroxylation sites is 1. The summed E-state index contributed by atoms with van der Waals surface area (Å²) in [5.41, 5.74) is 1.22. The molecule has 0 unspecified atom stereocenters. The molecular formula is C16H24N4O2. The molecule has 0 spiro atoms. The predicted octanol–water partition coefficient (Wildman–Crippen LogP) is 3.43. The van der Waals surface area contributed by atoms with E-state index in [2.05, 4.69) is 17.2 Å². The van der Waals surface area contributed by atoms with Gasteiger partial charge >= 0.3 is 6.09 Å². The minimum absolute atomic E-state index is 0.319. The third-order valence-electron chi connectivity index (χ3n) is 3.16. The molecule has 0 aliphatic rings. The highest BCUT2D eigenvalue weighted by atomic mass is 16.6. The number of unbranched alkanes of at least 4 members (excludes halogenated alkanes) is 1. The van der Waals surface area contributed by atoms with Crippen LogP contribution in [0, 0.1) is 0 Å². The highest BCUT2D eigenvalue weighted by Crippen LogP contribution is 2.14. The van der Waals surface area contributed by atoms with Crippen LogP contribution in [0.15, 0.2) is 24.3 Å². The van der Waals surface area contributed by atoms with Gasteiger partial charge in [0.05, 0.1) is 5.52 Å². The molecule has 0 atom stereocenters. The molecule has 0 radical (unpaired) electrons. The second kappa shape index (κ2) is 6.77. The average Bonchev–Trinajstić information content (AvgIpc) is 2.84. The Morgan fingerprint density at radius 2 is 2.05 bits per heavy atom. The SMILES string of the molecule is CCCCN(Cn1nnc2ccccc21)C(=O)OC(C)(C)C. The minimum Gasteiger partial charge on any atom is -0.444 e. The van der Waals surface area contributed by atoms with Gasteiger partial charge in [-0.25, -0.2) is 9.48 Å². The highest BCUT2D eigenvalue weighted by Gasteiger charge is 2.22. The molecule has 0 saturated heterocycles. The summed E-state index contributed by atoms with van der Waals surface area (Å²) in [6.45, 7) is 8.68. The van der Waals surface area contributed by atoms with E-state index >= 15 is 0 Å². The van der Waals surface area contributed by atoms with Crippen molar-refractivity contribution in [3.05, 3.63) is 24.3 Å². The van der Waals surface area contributed by atoms with Gasteiger partial charge < -0.3 is 4.74 Å². The van der Waals surface area contributed by atoms with Gasteiger partial charge in [0, 0.05) is 6.54 Å². The maximum Gasteiger partial charge on any atom is 0.411 e. The Kier molecular flexibility index (Phi) is 5.00. The number of nitrogens with zero attached hydrogens (tertiary/aromatic N) is 4. The molecule has 2 aromatic rings. The zero-order valence-corrected chi connectivity index (χ0v) is 13.7. The van der Waals surface area contributed by atoms with E-state index in [1.165, 1.54) is 0 Å². The minimum atomic E-state index is -0.508. The quantitative estimate of drug-likeness (QED) is 0.849. The molecule has 0 bridgehead atoms. The molecule has 0 aliphatic carbocycles. The van der Waals surface area contributed by atoms with Crippen molar-refractivity contribution in [3.63, 3.8) is 0 Å². The van der Waals surface area contributed by atoms with Gasteiger partial charge in [-0.3, -0.25) is 4.90 Å². The zero-order chi connectivity index (χ0) is 16.2. The summed E-state index contributed by atoms with van der Waals surface area (Å²) in [5, 5.41) is 8.26. The number of ether oxygens (including phenoxy) is 1. The van der Waals surface area contributed by atoms with E-state index in [1.54, 1.807) is 9.58 Å². The smallest absolute Gasteiger partial charge is 0.411 e. The fourth-order valence-corrected chi connectivity index (χ4v) is 2.08. The van der Waals surface area contributed by atoms with Crippen molar-refractivity contribution in [1.29, 1.82) is 0 Å². The summed E-state index contributed by atoms with van der Waals surface area (Å²) >= 11 is 0. The fraction of sp³-hybridized carbons (Fsp3) is 0.562. The summed E-state index contributed by atoms with van der Waals surface area (Å²) in [4.78, 5) is 14.0. The van der Waals surface area contributed by atoms with Crippen molar-refractivity contribution in [1.82, 2.24) is 19.9 Å². The lowest BCUT2D eigenvalue weighted by Crippen LogP contribution is -2.38. The van der Waals surface area contributed by atoms with Crippen LogP contribution < -0.4 is 0 Å². The van der Waals surface area contributed by atoms with Crippen LogP contribution in [-0.4, -0.2) is 38.1 Å². The van der Waals surface area contributed by atoms with Gasteiger partial charge in [-0.2, -0.15) is 0 Å². The van der Waals surface area contributed by atoms with Gasteiger partial charge in [0.15, 0.2) is 0 Å². The molecule has 6 nitrogen and oxygen atoms in total. The number of benzene rings is 1. The lowest BCUT2D eigenvalue weighted by molar-refractivity contribution is 0.0178. The normalized spacial score (nSPS) is 11.6. The molecule has 0 fully saturated rings. The molecule has 6 heteroatoms. The first kappa shape index (κ1) is 16.3. The Hall–Kier alpha value is -2.11. The summed E-state index contributed by atoms with van der Waals surface area (Å²) in [6.07, 6.45) is 1.61. The van der Waals surface area contributed by atoms with Gasteiger partial charge in [-0.05, 0) is 39.3 Å². The number of amides is 1. The fourth-order valence-electron chi connectivity index (χ4n) is 2.08. The van der Waals surface area contributed by atoms with Crippen LogP contribution in [0.4, 0.5) is 4.79 Å². The first-order valence-corrected chi connectivity index (χ1v) is 7.67. The molecule has 120 valence electrons. The van der Waals surface area contributed by atoms with Gasteiger partial charge in [0.1, 0.15) is 17.8 Å². The van der Waals surface area contributed by atoms with Crippen LogP contribution in [-0.2, 0) is 11.4 Å². The molecule has 0 saturated carbocycles. The Labute approximate surface area is 131 Å².